The monoisotopic (exact) mass is 354 g/mol. The first-order valence-corrected chi connectivity index (χ1v) is 8.31. The Bertz CT molecular complexity index is 1090. The Morgan fingerprint density at radius 1 is 1.28 bits per heavy atom. The fourth-order valence-corrected chi connectivity index (χ4v) is 3.67. The van der Waals surface area contributed by atoms with Crippen molar-refractivity contribution in [1.82, 2.24) is 4.57 Å². The lowest BCUT2D eigenvalue weighted by Crippen LogP contribution is -2.30. The van der Waals surface area contributed by atoms with Gasteiger partial charge in [0, 0.05) is 22.1 Å². The minimum atomic E-state index is -0.653. The highest BCUT2D eigenvalue weighted by Gasteiger charge is 2.29. The molecule has 25 heavy (non-hydrogen) atoms. The van der Waals surface area contributed by atoms with Gasteiger partial charge in [0.15, 0.2) is 0 Å². The molecule has 0 bridgehead atoms. The quantitative estimate of drug-likeness (QED) is 0.736. The Morgan fingerprint density at radius 2 is 2.04 bits per heavy atom. The molecule has 0 saturated carbocycles. The molecule has 0 saturated heterocycles. The summed E-state index contributed by atoms with van der Waals surface area (Å²) in [6.07, 6.45) is 0.700. The van der Waals surface area contributed by atoms with E-state index in [1.807, 2.05) is 19.1 Å². The van der Waals surface area contributed by atoms with E-state index < -0.39 is 11.5 Å². The summed E-state index contributed by atoms with van der Waals surface area (Å²) >= 11 is 5.92. The number of carbonyl (C=O) groups excluding carboxylic acids is 1. The van der Waals surface area contributed by atoms with Crippen molar-refractivity contribution in [3.05, 3.63) is 69.0 Å². The van der Waals surface area contributed by atoms with Crippen LogP contribution in [-0.2, 0) is 6.42 Å². The van der Waals surface area contributed by atoms with Gasteiger partial charge in [-0.2, -0.15) is 0 Å². The number of nitrogens with zero attached hydrogens (tertiary/aromatic N) is 1. The molecule has 1 aliphatic rings. The van der Waals surface area contributed by atoms with E-state index in [-0.39, 0.29) is 17.4 Å². The van der Waals surface area contributed by atoms with Gasteiger partial charge >= 0.3 is 0 Å². The van der Waals surface area contributed by atoms with E-state index in [9.17, 15) is 14.7 Å². The van der Waals surface area contributed by atoms with Gasteiger partial charge in [-0.05, 0) is 43.2 Å². The van der Waals surface area contributed by atoms with Crippen molar-refractivity contribution >= 4 is 34.1 Å². The fraction of sp³-hybridized carbons (Fsp3) is 0.158. The first-order valence-electron chi connectivity index (χ1n) is 7.93. The molecule has 0 radical (unpaired) electrons. The van der Waals surface area contributed by atoms with Crippen LogP contribution < -0.4 is 10.9 Å². The van der Waals surface area contributed by atoms with Gasteiger partial charge in [0.1, 0.15) is 11.3 Å². The van der Waals surface area contributed by atoms with Gasteiger partial charge in [0.2, 0.25) is 0 Å². The largest absolute Gasteiger partial charge is 0.506 e. The summed E-state index contributed by atoms with van der Waals surface area (Å²) < 4.78 is 1.59. The topological polar surface area (TPSA) is 71.3 Å². The van der Waals surface area contributed by atoms with Gasteiger partial charge < -0.3 is 15.0 Å². The Labute approximate surface area is 148 Å². The molecule has 0 fully saturated rings. The number of halogens is 1. The van der Waals surface area contributed by atoms with Crippen molar-refractivity contribution < 1.29 is 9.90 Å². The van der Waals surface area contributed by atoms with Crippen molar-refractivity contribution in [2.75, 3.05) is 5.32 Å². The molecule has 1 amide bonds. The van der Waals surface area contributed by atoms with E-state index in [0.717, 1.165) is 5.56 Å². The Morgan fingerprint density at radius 3 is 2.80 bits per heavy atom. The fourth-order valence-electron chi connectivity index (χ4n) is 3.48. The predicted molar refractivity (Wildman–Crippen MR) is 97.7 cm³/mol. The molecule has 0 spiro atoms. The summed E-state index contributed by atoms with van der Waals surface area (Å²) in [6.45, 7) is 1.93. The maximum absolute atomic E-state index is 12.9. The molecule has 126 valence electrons. The number of amides is 1. The zero-order valence-electron chi connectivity index (χ0n) is 13.4. The first-order chi connectivity index (χ1) is 12.0. The summed E-state index contributed by atoms with van der Waals surface area (Å²) in [7, 11) is 0. The molecule has 0 aliphatic carbocycles. The minimum Gasteiger partial charge on any atom is -0.506 e. The van der Waals surface area contributed by atoms with Crippen LogP contribution in [0.25, 0.3) is 10.9 Å². The molecule has 2 heterocycles. The lowest BCUT2D eigenvalue weighted by atomic mass is 10.1. The van der Waals surface area contributed by atoms with Crippen molar-refractivity contribution in [2.24, 2.45) is 0 Å². The smallest absolute Gasteiger partial charge is 0.268 e. The molecule has 1 unspecified atom stereocenters. The number of aromatic nitrogens is 1. The van der Waals surface area contributed by atoms with Crippen LogP contribution in [-0.4, -0.2) is 15.6 Å². The Balaban J connectivity index is 1.89. The van der Waals surface area contributed by atoms with E-state index in [1.54, 1.807) is 34.9 Å². The highest BCUT2D eigenvalue weighted by atomic mass is 35.5. The number of carbonyl (C=O) groups is 1. The zero-order chi connectivity index (χ0) is 17.7. The molecular weight excluding hydrogens is 340 g/mol. The summed E-state index contributed by atoms with van der Waals surface area (Å²) in [5.74, 6) is -0.938. The second-order valence-corrected chi connectivity index (χ2v) is 6.67. The number of benzene rings is 2. The van der Waals surface area contributed by atoms with Crippen molar-refractivity contribution in [3.8, 4) is 5.75 Å². The summed E-state index contributed by atoms with van der Waals surface area (Å²) in [5, 5.41) is 14.2. The van der Waals surface area contributed by atoms with E-state index >= 15 is 0 Å². The van der Waals surface area contributed by atoms with Gasteiger partial charge in [-0.15, -0.1) is 0 Å². The van der Waals surface area contributed by atoms with Crippen LogP contribution >= 0.6 is 11.6 Å². The predicted octanol–water partition coefficient (Wildman–Crippen LogP) is 3.73. The number of pyridine rings is 1. The third-order valence-electron chi connectivity index (χ3n) is 4.55. The number of hydrogen-bond acceptors (Lipinski definition) is 3. The average Bonchev–Trinajstić information content (AvgIpc) is 2.89. The van der Waals surface area contributed by atoms with Gasteiger partial charge in [-0.25, -0.2) is 0 Å². The van der Waals surface area contributed by atoms with Crippen molar-refractivity contribution in [3.63, 3.8) is 0 Å². The number of anilines is 1. The molecular formula is C19H15ClN2O3. The van der Waals surface area contributed by atoms with Crippen molar-refractivity contribution in [2.45, 2.75) is 19.4 Å². The Hall–Kier alpha value is -2.79. The summed E-state index contributed by atoms with van der Waals surface area (Å²) in [4.78, 5) is 25.6. The third-order valence-corrected chi connectivity index (χ3v) is 4.79. The normalized spacial score (nSPS) is 15.5. The Kier molecular flexibility index (Phi) is 3.54. The lowest BCUT2D eigenvalue weighted by Gasteiger charge is -2.14. The lowest BCUT2D eigenvalue weighted by molar-refractivity contribution is 0.102. The molecule has 1 aromatic heterocycles. The first kappa shape index (κ1) is 15.7. The van der Waals surface area contributed by atoms with E-state index in [2.05, 4.69) is 5.32 Å². The number of hydrogen-bond donors (Lipinski definition) is 2. The standard InChI is InChI=1S/C19H15ClN2O3/c1-10-8-11-4-2-7-14-16(11)22(10)19(25)15(17(14)23)18(24)21-13-6-3-5-12(20)9-13/h2-7,9-10,23H,8H2,1H3,(H,21,24). The molecule has 1 aliphatic heterocycles. The number of aromatic hydroxyl groups is 1. The van der Waals surface area contributed by atoms with Gasteiger partial charge in [0.25, 0.3) is 11.5 Å². The second-order valence-electron chi connectivity index (χ2n) is 6.23. The maximum Gasteiger partial charge on any atom is 0.268 e. The molecule has 2 N–H and O–H groups in total. The van der Waals surface area contributed by atoms with Crippen LogP contribution in [0.4, 0.5) is 5.69 Å². The molecule has 2 aromatic carbocycles. The van der Waals surface area contributed by atoms with E-state index in [1.165, 1.54) is 0 Å². The highest BCUT2D eigenvalue weighted by molar-refractivity contribution is 6.31. The van der Waals surface area contributed by atoms with Crippen LogP contribution in [0.1, 0.15) is 28.9 Å². The summed E-state index contributed by atoms with van der Waals surface area (Å²) in [6, 6.07) is 12.0. The second kappa shape index (κ2) is 5.63. The van der Waals surface area contributed by atoms with E-state index in [4.69, 9.17) is 11.6 Å². The third kappa shape index (κ3) is 2.39. The van der Waals surface area contributed by atoms with E-state index in [0.29, 0.717) is 28.0 Å². The molecule has 6 heteroatoms. The van der Waals surface area contributed by atoms with Crippen LogP contribution in [0.3, 0.4) is 0 Å². The number of para-hydroxylation sites is 1. The minimum absolute atomic E-state index is 0.0641. The van der Waals surface area contributed by atoms with Crippen LogP contribution in [0.15, 0.2) is 47.3 Å². The molecule has 5 nitrogen and oxygen atoms in total. The molecule has 1 atom stereocenters. The van der Waals surface area contributed by atoms with Gasteiger partial charge in [0.05, 0.1) is 5.52 Å². The average molecular weight is 355 g/mol. The number of rotatable bonds is 2. The molecule has 3 aromatic rings. The van der Waals surface area contributed by atoms with Crippen molar-refractivity contribution in [1.29, 1.82) is 0 Å². The molecule has 4 rings (SSSR count). The summed E-state index contributed by atoms with van der Waals surface area (Å²) in [5.41, 5.74) is 1.43. The maximum atomic E-state index is 12.9. The number of nitrogens with one attached hydrogen (secondary N) is 1. The van der Waals surface area contributed by atoms with Gasteiger partial charge in [-0.3, -0.25) is 9.59 Å². The zero-order valence-corrected chi connectivity index (χ0v) is 14.2. The SMILES string of the molecule is CC1Cc2cccc3c(O)c(C(=O)Nc4cccc(Cl)c4)c(=O)n1c23. The van der Waals surface area contributed by atoms with Gasteiger partial charge in [-0.1, -0.05) is 29.8 Å². The highest BCUT2D eigenvalue weighted by Crippen LogP contribution is 2.36. The van der Waals surface area contributed by atoms with Crippen LogP contribution in [0.2, 0.25) is 5.02 Å². The van der Waals surface area contributed by atoms with Crippen LogP contribution in [0, 0.1) is 0 Å². The van der Waals surface area contributed by atoms with Crippen LogP contribution in [0.5, 0.6) is 5.75 Å².